The van der Waals surface area contributed by atoms with E-state index < -0.39 is 0 Å². The number of rotatable bonds is 2. The van der Waals surface area contributed by atoms with Gasteiger partial charge in [0.25, 0.3) is 0 Å². The molecule has 1 aromatic rings. The van der Waals surface area contributed by atoms with E-state index >= 15 is 0 Å². The Kier molecular flexibility index (Phi) is 5.93. The minimum atomic E-state index is -0.198. The molecule has 4 saturated heterocycles. The van der Waals surface area contributed by atoms with Gasteiger partial charge in [-0.2, -0.15) is 0 Å². The maximum Gasteiger partial charge on any atom is 0.320 e. The number of urea groups is 2. The Morgan fingerprint density at radius 2 is 1.72 bits per heavy atom. The zero-order valence-corrected chi connectivity index (χ0v) is 18.5. The van der Waals surface area contributed by atoms with Gasteiger partial charge in [0.1, 0.15) is 0 Å². The number of amides is 5. The van der Waals surface area contributed by atoms with Crippen molar-refractivity contribution < 1.29 is 14.4 Å². The van der Waals surface area contributed by atoms with Crippen LogP contribution < -0.4 is 10.6 Å². The summed E-state index contributed by atoms with van der Waals surface area (Å²) in [6, 6.07) is 9.73. The molecular weight excluding hydrogens is 406 g/mol. The average Bonchev–Trinajstić information content (AvgIpc) is 2.80. The first-order valence-corrected chi connectivity index (χ1v) is 12.0. The van der Waals surface area contributed by atoms with Crippen molar-refractivity contribution in [1.82, 2.24) is 20.0 Å². The average molecular weight is 440 g/mol. The molecule has 32 heavy (non-hydrogen) atoms. The van der Waals surface area contributed by atoms with Gasteiger partial charge in [-0.3, -0.25) is 4.79 Å². The predicted molar refractivity (Wildman–Crippen MR) is 121 cm³/mol. The number of likely N-dealkylation sites (tertiary alicyclic amines) is 2. The molecule has 4 fully saturated rings. The molecule has 0 radical (unpaired) electrons. The third kappa shape index (κ3) is 4.40. The summed E-state index contributed by atoms with van der Waals surface area (Å²) in [6.07, 6.45) is 5.41. The second kappa shape index (κ2) is 9.00. The molecule has 2 N–H and O–H groups in total. The fourth-order valence-corrected chi connectivity index (χ4v) is 6.06. The van der Waals surface area contributed by atoms with Crippen molar-refractivity contribution >= 4 is 23.7 Å². The Balaban J connectivity index is 1.11. The van der Waals surface area contributed by atoms with E-state index in [1.165, 1.54) is 0 Å². The number of hydrogen-bond donors (Lipinski definition) is 2. The molecule has 8 heteroatoms. The molecule has 0 spiro atoms. The molecule has 1 aromatic carbocycles. The van der Waals surface area contributed by atoms with Crippen LogP contribution in [0.25, 0.3) is 0 Å². The number of fused-ring (bicyclic) bond motifs is 4. The van der Waals surface area contributed by atoms with E-state index in [1.807, 2.05) is 40.1 Å². The monoisotopic (exact) mass is 439 g/mol. The summed E-state index contributed by atoms with van der Waals surface area (Å²) in [5.41, 5.74) is 0.770. The van der Waals surface area contributed by atoms with Crippen LogP contribution in [0.2, 0.25) is 0 Å². The van der Waals surface area contributed by atoms with Gasteiger partial charge in [0, 0.05) is 56.9 Å². The van der Waals surface area contributed by atoms with Gasteiger partial charge in [0.05, 0.1) is 0 Å². The Morgan fingerprint density at radius 3 is 2.50 bits per heavy atom. The van der Waals surface area contributed by atoms with Gasteiger partial charge in [0.2, 0.25) is 5.91 Å². The molecule has 172 valence electrons. The van der Waals surface area contributed by atoms with Crippen molar-refractivity contribution in [3.05, 3.63) is 30.3 Å². The molecule has 3 atom stereocenters. The van der Waals surface area contributed by atoms with Gasteiger partial charge in [-0.1, -0.05) is 18.2 Å². The van der Waals surface area contributed by atoms with Crippen LogP contribution in [0.15, 0.2) is 30.3 Å². The molecule has 2 bridgehead atoms. The molecular formula is C24H33N5O3. The molecule has 0 aromatic heterocycles. The Morgan fingerprint density at radius 1 is 0.938 bits per heavy atom. The number of benzene rings is 1. The van der Waals surface area contributed by atoms with E-state index in [9.17, 15) is 14.4 Å². The van der Waals surface area contributed by atoms with Crippen molar-refractivity contribution in [3.63, 3.8) is 0 Å². The smallest absolute Gasteiger partial charge is 0.320 e. The summed E-state index contributed by atoms with van der Waals surface area (Å²) in [7, 11) is 0. The highest BCUT2D eigenvalue weighted by Crippen LogP contribution is 2.38. The van der Waals surface area contributed by atoms with Crippen LogP contribution in [0.1, 0.15) is 38.5 Å². The molecule has 4 aliphatic rings. The third-order valence-electron chi connectivity index (χ3n) is 7.58. The van der Waals surface area contributed by atoms with Crippen molar-refractivity contribution in [2.75, 3.05) is 38.0 Å². The van der Waals surface area contributed by atoms with Gasteiger partial charge in [0.15, 0.2) is 0 Å². The van der Waals surface area contributed by atoms with Crippen LogP contribution in [0.5, 0.6) is 0 Å². The van der Waals surface area contributed by atoms with Gasteiger partial charge in [-0.25, -0.2) is 9.59 Å². The van der Waals surface area contributed by atoms with E-state index in [2.05, 4.69) is 15.5 Å². The highest BCUT2D eigenvalue weighted by Gasteiger charge is 2.45. The Hall–Kier alpha value is -2.77. The first-order valence-electron chi connectivity index (χ1n) is 12.0. The SMILES string of the molecule is O=C(Nc1ccccc1)NC1CCN(C(=O)N2CC3CC(C2)[C@H]2CCCC(=O)N2C3)CC1. The minimum absolute atomic E-state index is 0.0744. The zero-order valence-electron chi connectivity index (χ0n) is 18.5. The lowest BCUT2D eigenvalue weighted by Gasteiger charge is -2.53. The van der Waals surface area contributed by atoms with Crippen LogP contribution in [-0.4, -0.2) is 77.5 Å². The zero-order chi connectivity index (χ0) is 22.1. The second-order valence-electron chi connectivity index (χ2n) is 9.78. The summed E-state index contributed by atoms with van der Waals surface area (Å²) in [5.74, 6) is 1.12. The Bertz CT molecular complexity index is 854. The molecule has 5 amide bonds. The number of nitrogens with one attached hydrogen (secondary N) is 2. The standard InChI is InChI=1S/C24H33N5O3/c30-22-8-4-7-21-18-13-17(15-29(21)22)14-28(16-18)24(32)27-11-9-20(10-12-27)26-23(31)25-19-5-2-1-3-6-19/h1-3,5-6,17-18,20-21H,4,7-16H2,(H2,25,26,31)/t17?,18?,21-/m1/s1. The van der Waals surface area contributed by atoms with Gasteiger partial charge in [-0.05, 0) is 56.1 Å². The minimum Gasteiger partial charge on any atom is -0.339 e. The normalized spacial score (nSPS) is 28.2. The quantitative estimate of drug-likeness (QED) is 0.743. The lowest BCUT2D eigenvalue weighted by atomic mass is 9.76. The molecule has 0 saturated carbocycles. The summed E-state index contributed by atoms with van der Waals surface area (Å²) in [4.78, 5) is 43.9. The second-order valence-corrected chi connectivity index (χ2v) is 9.78. The van der Waals surface area contributed by atoms with E-state index in [4.69, 9.17) is 0 Å². The van der Waals surface area contributed by atoms with Crippen molar-refractivity contribution in [2.24, 2.45) is 11.8 Å². The number of carbonyl (C=O) groups excluding carboxylic acids is 3. The number of nitrogens with zero attached hydrogens (tertiary/aromatic N) is 3. The topological polar surface area (TPSA) is 85.0 Å². The van der Waals surface area contributed by atoms with E-state index in [0.717, 1.165) is 57.4 Å². The maximum absolute atomic E-state index is 13.3. The predicted octanol–water partition coefficient (Wildman–Crippen LogP) is 2.73. The molecule has 4 aliphatic heterocycles. The number of carbonyl (C=O) groups is 3. The van der Waals surface area contributed by atoms with Crippen molar-refractivity contribution in [3.8, 4) is 0 Å². The van der Waals surface area contributed by atoms with Gasteiger partial charge in [-0.15, -0.1) is 0 Å². The molecule has 0 aliphatic carbocycles. The molecule has 4 heterocycles. The van der Waals surface area contributed by atoms with E-state index in [1.54, 1.807) is 0 Å². The highest BCUT2D eigenvalue weighted by atomic mass is 16.2. The lowest BCUT2D eigenvalue weighted by molar-refractivity contribution is -0.144. The number of hydrogen-bond acceptors (Lipinski definition) is 3. The van der Waals surface area contributed by atoms with E-state index in [0.29, 0.717) is 43.3 Å². The van der Waals surface area contributed by atoms with Crippen LogP contribution >= 0.6 is 0 Å². The number of para-hydroxylation sites is 1. The summed E-state index contributed by atoms with van der Waals surface area (Å²) >= 11 is 0. The van der Waals surface area contributed by atoms with Gasteiger partial charge < -0.3 is 25.3 Å². The summed E-state index contributed by atoms with van der Waals surface area (Å²) in [5, 5.41) is 5.89. The number of piperidine rings is 4. The van der Waals surface area contributed by atoms with Crippen molar-refractivity contribution in [2.45, 2.75) is 50.6 Å². The lowest BCUT2D eigenvalue weighted by Crippen LogP contribution is -2.62. The highest BCUT2D eigenvalue weighted by molar-refractivity contribution is 5.89. The van der Waals surface area contributed by atoms with Crippen molar-refractivity contribution in [1.29, 1.82) is 0 Å². The molecule has 8 nitrogen and oxygen atoms in total. The fourth-order valence-electron chi connectivity index (χ4n) is 6.06. The maximum atomic E-state index is 13.3. The Labute approximate surface area is 189 Å². The number of anilines is 1. The first-order chi connectivity index (χ1) is 15.6. The molecule has 5 rings (SSSR count). The first kappa shape index (κ1) is 21.1. The summed E-state index contributed by atoms with van der Waals surface area (Å²) < 4.78 is 0. The van der Waals surface area contributed by atoms with E-state index in [-0.39, 0.29) is 18.1 Å². The van der Waals surface area contributed by atoms with Crippen LogP contribution in [0.4, 0.5) is 15.3 Å². The largest absolute Gasteiger partial charge is 0.339 e. The van der Waals surface area contributed by atoms with Crippen LogP contribution in [0, 0.1) is 11.8 Å². The third-order valence-corrected chi connectivity index (χ3v) is 7.58. The summed E-state index contributed by atoms with van der Waals surface area (Å²) in [6.45, 7) is 3.65. The van der Waals surface area contributed by atoms with Gasteiger partial charge >= 0.3 is 12.1 Å². The van der Waals surface area contributed by atoms with Crippen LogP contribution in [0.3, 0.4) is 0 Å². The van der Waals surface area contributed by atoms with Crippen LogP contribution in [-0.2, 0) is 4.79 Å². The fraction of sp³-hybridized carbons (Fsp3) is 0.625. The molecule has 2 unspecified atom stereocenters.